The molecule has 4 heterocycles. The number of nitrogens with one attached hydrogen (secondary N) is 1. The monoisotopic (exact) mass is 482 g/mol. The fraction of sp³-hybridized carbons (Fsp3) is 0.333. The molecular formula is C15H14N8O5S3. The molecule has 31 heavy (non-hydrogen) atoms. The van der Waals surface area contributed by atoms with Crippen molar-refractivity contribution < 1.29 is 24.7 Å². The van der Waals surface area contributed by atoms with E-state index in [-0.39, 0.29) is 16.7 Å². The van der Waals surface area contributed by atoms with Gasteiger partial charge in [-0.1, -0.05) is 16.9 Å². The van der Waals surface area contributed by atoms with E-state index in [0.29, 0.717) is 22.9 Å². The zero-order chi connectivity index (χ0) is 22.3. The number of carbonyl (C=O) groups is 3. The summed E-state index contributed by atoms with van der Waals surface area (Å²) in [5, 5.41) is 25.5. The Labute approximate surface area is 186 Å². The number of carbonyl (C=O) groups excluding carboxylic acids is 2. The Morgan fingerprint density at radius 2 is 2.10 bits per heavy atom. The predicted molar refractivity (Wildman–Crippen MR) is 110 cm³/mol. The Balaban J connectivity index is 1.52. The summed E-state index contributed by atoms with van der Waals surface area (Å²) in [7, 11) is 0. The van der Waals surface area contributed by atoms with Gasteiger partial charge < -0.3 is 21.4 Å². The van der Waals surface area contributed by atoms with Gasteiger partial charge in [-0.25, -0.2) is 9.78 Å². The van der Waals surface area contributed by atoms with Crippen LogP contribution in [0.1, 0.15) is 23.7 Å². The van der Waals surface area contributed by atoms with Crippen LogP contribution >= 0.6 is 34.8 Å². The van der Waals surface area contributed by atoms with Gasteiger partial charge >= 0.3 is 5.97 Å². The first-order valence-corrected chi connectivity index (χ1v) is 11.1. The molecule has 162 valence electrons. The Kier molecular flexibility index (Phi) is 5.59. The van der Waals surface area contributed by atoms with Crippen molar-refractivity contribution in [3.63, 3.8) is 0 Å². The van der Waals surface area contributed by atoms with Crippen molar-refractivity contribution in [3.8, 4) is 0 Å². The van der Waals surface area contributed by atoms with Crippen LogP contribution in [0.25, 0.3) is 0 Å². The van der Waals surface area contributed by atoms with Crippen LogP contribution in [0.15, 0.2) is 20.9 Å². The number of nitrogens with zero attached hydrogens (tertiary/aromatic N) is 6. The van der Waals surface area contributed by atoms with Gasteiger partial charge in [0.15, 0.2) is 5.13 Å². The molecule has 2 unspecified atom stereocenters. The molecule has 0 saturated carbocycles. The lowest BCUT2D eigenvalue weighted by Gasteiger charge is -2.49. The van der Waals surface area contributed by atoms with Crippen LogP contribution in [0, 0.1) is 6.92 Å². The minimum atomic E-state index is -1.25. The van der Waals surface area contributed by atoms with Gasteiger partial charge in [-0.05, 0) is 31.3 Å². The molecule has 2 aromatic heterocycles. The third-order valence-electron chi connectivity index (χ3n) is 4.57. The van der Waals surface area contributed by atoms with E-state index in [9.17, 15) is 19.5 Å². The number of aromatic nitrogens is 4. The fourth-order valence-corrected chi connectivity index (χ4v) is 5.33. The molecule has 16 heteroatoms. The maximum absolute atomic E-state index is 12.7. The average Bonchev–Trinajstić information content (AvgIpc) is 3.34. The van der Waals surface area contributed by atoms with Crippen molar-refractivity contribution in [1.82, 2.24) is 28.9 Å². The van der Waals surface area contributed by atoms with Crippen molar-refractivity contribution in [1.29, 1.82) is 0 Å². The smallest absolute Gasteiger partial charge is 0.353 e. The first-order valence-electron chi connectivity index (χ1n) is 8.70. The van der Waals surface area contributed by atoms with Crippen LogP contribution in [-0.4, -0.2) is 69.5 Å². The minimum Gasteiger partial charge on any atom is -0.477 e. The van der Waals surface area contributed by atoms with E-state index in [0.717, 1.165) is 33.2 Å². The lowest BCUT2D eigenvalue weighted by Crippen LogP contribution is -2.72. The van der Waals surface area contributed by atoms with Crippen molar-refractivity contribution >= 4 is 63.5 Å². The summed E-state index contributed by atoms with van der Waals surface area (Å²) in [6.45, 7) is 1.79. The molecule has 4 rings (SSSR count). The molecular weight excluding hydrogens is 468 g/mol. The maximum atomic E-state index is 12.7. The van der Waals surface area contributed by atoms with Crippen LogP contribution in [0.5, 0.6) is 0 Å². The molecule has 2 aliphatic heterocycles. The molecule has 0 spiro atoms. The molecule has 0 aromatic carbocycles. The molecule has 0 bridgehead atoms. The number of thioether (sulfide) groups is 1. The summed E-state index contributed by atoms with van der Waals surface area (Å²) in [6.07, 6.45) is 0.795. The summed E-state index contributed by atoms with van der Waals surface area (Å²) >= 11 is 3.13. The summed E-state index contributed by atoms with van der Waals surface area (Å²) < 4.78 is 7.95. The zero-order valence-electron chi connectivity index (χ0n) is 15.7. The second-order valence-electron chi connectivity index (χ2n) is 6.45. The number of nitrogen functional groups attached to an aromatic ring is 1. The number of aliphatic carboxylic acids is 1. The topological polar surface area (TPSA) is 197 Å². The normalized spacial score (nSPS) is 21.0. The van der Waals surface area contributed by atoms with E-state index >= 15 is 0 Å². The highest BCUT2D eigenvalue weighted by Gasteiger charge is 2.54. The van der Waals surface area contributed by atoms with Crippen molar-refractivity contribution in [2.45, 2.75) is 37.0 Å². The molecule has 0 aliphatic carbocycles. The summed E-state index contributed by atoms with van der Waals surface area (Å²) in [5.41, 5.74) is 4.84. The van der Waals surface area contributed by atoms with Crippen molar-refractivity contribution in [2.24, 2.45) is 5.16 Å². The lowest BCUT2D eigenvalue weighted by molar-refractivity contribution is -0.155. The summed E-state index contributed by atoms with van der Waals surface area (Å²) in [5.74, 6) is -2.89. The third kappa shape index (κ3) is 3.84. The minimum absolute atomic E-state index is 0.0770. The first kappa shape index (κ1) is 21.1. The van der Waals surface area contributed by atoms with Crippen LogP contribution in [-0.2, 0) is 14.4 Å². The van der Waals surface area contributed by atoms with Gasteiger partial charge in [0, 0.05) is 16.4 Å². The van der Waals surface area contributed by atoms with E-state index in [4.69, 9.17) is 10.9 Å². The van der Waals surface area contributed by atoms with E-state index in [2.05, 4.69) is 29.2 Å². The Morgan fingerprint density at radius 3 is 2.68 bits per heavy atom. The maximum Gasteiger partial charge on any atom is 0.353 e. The van der Waals surface area contributed by atoms with Gasteiger partial charge in [0.25, 0.3) is 11.8 Å². The highest BCUT2D eigenvalue weighted by Crippen LogP contribution is 2.42. The predicted octanol–water partition coefficient (Wildman–Crippen LogP) is 0.0364. The molecule has 2 aromatic rings. The SMILES string of the molecule is Cc1nc(SC2=C(C(=O)O)N3C(=O)C(NC(=O)/C(=N\O)c4nsc(N)n4)C3CC2)ns1. The molecule has 13 nitrogen and oxygen atoms in total. The number of allylic oxidation sites excluding steroid dienone is 1. The molecule has 0 radical (unpaired) electrons. The summed E-state index contributed by atoms with van der Waals surface area (Å²) in [6, 6.07) is -1.52. The first-order chi connectivity index (χ1) is 14.8. The number of rotatable bonds is 6. The van der Waals surface area contributed by atoms with E-state index < -0.39 is 35.6 Å². The number of hydrogen-bond donors (Lipinski definition) is 4. The number of aryl methyl sites for hydroxylation is 1. The molecule has 2 amide bonds. The van der Waals surface area contributed by atoms with Crippen LogP contribution < -0.4 is 11.1 Å². The molecule has 1 fully saturated rings. The van der Waals surface area contributed by atoms with Gasteiger partial charge in [-0.2, -0.15) is 13.7 Å². The molecule has 2 aliphatic rings. The average molecular weight is 483 g/mol. The van der Waals surface area contributed by atoms with Gasteiger partial charge in [0.1, 0.15) is 16.7 Å². The number of oxime groups is 1. The third-order valence-corrected chi connectivity index (χ3v) is 6.86. The fourth-order valence-electron chi connectivity index (χ4n) is 3.29. The van der Waals surface area contributed by atoms with E-state index in [1.165, 1.54) is 11.5 Å². The zero-order valence-corrected chi connectivity index (χ0v) is 18.1. The second kappa shape index (κ2) is 8.20. The lowest BCUT2D eigenvalue weighted by atomic mass is 9.86. The highest BCUT2D eigenvalue weighted by atomic mass is 32.2. The second-order valence-corrected chi connectivity index (χ2v) is 9.25. The molecule has 5 N–H and O–H groups in total. The number of amides is 2. The quantitative estimate of drug-likeness (QED) is 0.188. The summed E-state index contributed by atoms with van der Waals surface area (Å²) in [4.78, 5) is 46.7. The van der Waals surface area contributed by atoms with Gasteiger partial charge in [-0.3, -0.25) is 14.5 Å². The Hall–Kier alpha value is -3.11. The number of anilines is 1. The van der Waals surface area contributed by atoms with E-state index in [1.54, 1.807) is 6.92 Å². The Morgan fingerprint density at radius 1 is 1.32 bits per heavy atom. The van der Waals surface area contributed by atoms with Gasteiger partial charge in [0.05, 0.1) is 6.04 Å². The largest absolute Gasteiger partial charge is 0.477 e. The van der Waals surface area contributed by atoms with Gasteiger partial charge in [0.2, 0.25) is 16.7 Å². The van der Waals surface area contributed by atoms with Gasteiger partial charge in [-0.15, -0.1) is 0 Å². The standard InChI is InChI=1S/C15H14N8O5S3/c1-4-17-15(22-30-4)29-6-3-2-5-7(12(25)23(5)9(6)13(26)27)18-11(24)8(20-28)10-19-14(16)31-21-10/h5,7,28H,2-3H2,1H3,(H,18,24)(H,26,27)(H2,16,19,21)/b20-8-. The highest BCUT2D eigenvalue weighted by molar-refractivity contribution is 8.03. The van der Waals surface area contributed by atoms with Crippen LogP contribution in [0.4, 0.5) is 5.13 Å². The van der Waals surface area contributed by atoms with Crippen LogP contribution in [0.3, 0.4) is 0 Å². The molecule has 2 atom stereocenters. The number of nitrogens with two attached hydrogens (primary N) is 1. The van der Waals surface area contributed by atoms with E-state index in [1.807, 2.05) is 0 Å². The van der Waals surface area contributed by atoms with Crippen molar-refractivity contribution in [2.75, 3.05) is 5.73 Å². The molecule has 1 saturated heterocycles. The Bertz CT molecular complexity index is 1140. The number of carboxylic acids is 1. The number of β-lactam (4-membered cyclic amide) rings is 1. The van der Waals surface area contributed by atoms with Crippen LogP contribution in [0.2, 0.25) is 0 Å². The number of fused-ring (bicyclic) bond motifs is 1. The van der Waals surface area contributed by atoms with Crippen molar-refractivity contribution in [3.05, 3.63) is 21.4 Å². The number of carboxylic acid groups (broad SMARTS) is 1. The number of hydrogen-bond acceptors (Lipinski definition) is 13.